The third-order valence-electron chi connectivity index (χ3n) is 3.99. The fraction of sp³-hybridized carbons (Fsp3) is 0.294. The lowest BCUT2D eigenvalue weighted by Gasteiger charge is -2.22. The molecule has 0 atom stereocenters. The van der Waals surface area contributed by atoms with Crippen LogP contribution in [0.3, 0.4) is 0 Å². The highest BCUT2D eigenvalue weighted by molar-refractivity contribution is 7.90. The summed E-state index contributed by atoms with van der Waals surface area (Å²) in [4.78, 5) is 0.236. The van der Waals surface area contributed by atoms with Gasteiger partial charge in [0.25, 0.3) is 0 Å². The molecule has 0 amide bonds. The van der Waals surface area contributed by atoms with Crippen molar-refractivity contribution in [1.29, 1.82) is 0 Å². The molecule has 24 heavy (non-hydrogen) atoms. The van der Waals surface area contributed by atoms with E-state index in [1.54, 1.807) is 0 Å². The topological polar surface area (TPSA) is 71.5 Å². The Labute approximate surface area is 142 Å². The van der Waals surface area contributed by atoms with E-state index in [0.717, 1.165) is 24.7 Å². The number of rotatable bonds is 6. The summed E-state index contributed by atoms with van der Waals surface area (Å²) in [6.45, 7) is 0.321. The molecule has 0 bridgehead atoms. The number of hydrogen-bond donors (Lipinski definition) is 0. The zero-order valence-corrected chi connectivity index (χ0v) is 14.9. The first-order chi connectivity index (χ1) is 11.3. The van der Waals surface area contributed by atoms with Gasteiger partial charge in [-0.2, -0.15) is 4.31 Å². The van der Waals surface area contributed by atoms with Gasteiger partial charge in [-0.3, -0.25) is 0 Å². The molecule has 0 radical (unpaired) electrons. The summed E-state index contributed by atoms with van der Waals surface area (Å²) in [6.07, 6.45) is 2.81. The number of nitrogens with zero attached hydrogens (tertiary/aromatic N) is 1. The number of benzene rings is 2. The van der Waals surface area contributed by atoms with Crippen molar-refractivity contribution in [3.05, 3.63) is 60.2 Å². The highest BCUT2D eigenvalue weighted by Gasteiger charge is 2.38. The highest BCUT2D eigenvalue weighted by Crippen LogP contribution is 2.33. The molecule has 1 saturated carbocycles. The molecule has 0 N–H and O–H groups in total. The SMILES string of the molecule is CS(=O)(=O)c1ccc(S(=O)(=O)N(Cc2ccccc2)C2CC2)cc1. The zero-order valence-electron chi connectivity index (χ0n) is 13.3. The first kappa shape index (κ1) is 17.1. The predicted octanol–water partition coefficient (Wildman–Crippen LogP) is 2.44. The third-order valence-corrected chi connectivity index (χ3v) is 7.03. The summed E-state index contributed by atoms with van der Waals surface area (Å²) < 4.78 is 50.5. The second-order valence-corrected chi connectivity index (χ2v) is 9.92. The van der Waals surface area contributed by atoms with E-state index in [1.807, 2.05) is 30.3 Å². The van der Waals surface area contributed by atoms with Crippen LogP contribution in [0.4, 0.5) is 0 Å². The van der Waals surface area contributed by atoms with Crippen molar-refractivity contribution in [3.8, 4) is 0 Å². The minimum Gasteiger partial charge on any atom is -0.224 e. The van der Waals surface area contributed by atoms with Crippen LogP contribution in [0.1, 0.15) is 18.4 Å². The predicted molar refractivity (Wildman–Crippen MR) is 91.7 cm³/mol. The fourth-order valence-electron chi connectivity index (χ4n) is 2.53. The molecule has 0 heterocycles. The van der Waals surface area contributed by atoms with Crippen molar-refractivity contribution < 1.29 is 16.8 Å². The third kappa shape index (κ3) is 3.68. The smallest absolute Gasteiger partial charge is 0.224 e. The maximum absolute atomic E-state index is 13.0. The average Bonchev–Trinajstić information content (AvgIpc) is 3.37. The number of sulfone groups is 1. The summed E-state index contributed by atoms with van der Waals surface area (Å²) in [5.41, 5.74) is 0.931. The molecule has 0 unspecified atom stereocenters. The van der Waals surface area contributed by atoms with Crippen molar-refractivity contribution in [3.63, 3.8) is 0 Å². The summed E-state index contributed by atoms with van der Waals surface area (Å²) in [6, 6.07) is 14.9. The molecule has 0 aliphatic heterocycles. The van der Waals surface area contributed by atoms with Crippen LogP contribution < -0.4 is 0 Å². The van der Waals surface area contributed by atoms with Crippen LogP contribution in [0.15, 0.2) is 64.4 Å². The molecule has 0 aromatic heterocycles. The Morgan fingerprint density at radius 2 is 1.42 bits per heavy atom. The van der Waals surface area contributed by atoms with Crippen LogP contribution in [0.25, 0.3) is 0 Å². The van der Waals surface area contributed by atoms with E-state index in [9.17, 15) is 16.8 Å². The minimum atomic E-state index is -3.66. The van der Waals surface area contributed by atoms with E-state index < -0.39 is 19.9 Å². The Morgan fingerprint density at radius 3 is 1.92 bits per heavy atom. The van der Waals surface area contributed by atoms with Gasteiger partial charge < -0.3 is 0 Å². The van der Waals surface area contributed by atoms with Crippen molar-refractivity contribution >= 4 is 19.9 Å². The first-order valence-electron chi connectivity index (χ1n) is 7.64. The average molecular weight is 365 g/mol. The number of hydrogen-bond acceptors (Lipinski definition) is 4. The zero-order chi connectivity index (χ0) is 17.4. The molecule has 128 valence electrons. The van der Waals surface area contributed by atoms with Gasteiger partial charge in [0.05, 0.1) is 9.79 Å². The lowest BCUT2D eigenvalue weighted by Crippen LogP contribution is -2.32. The van der Waals surface area contributed by atoms with Crippen LogP contribution in [0.5, 0.6) is 0 Å². The first-order valence-corrected chi connectivity index (χ1v) is 11.0. The van der Waals surface area contributed by atoms with Crippen molar-refractivity contribution in [2.75, 3.05) is 6.26 Å². The van der Waals surface area contributed by atoms with E-state index in [-0.39, 0.29) is 15.8 Å². The second kappa shape index (κ2) is 6.31. The highest BCUT2D eigenvalue weighted by atomic mass is 32.2. The molecule has 2 aromatic rings. The number of sulfonamides is 1. The molecule has 1 aliphatic carbocycles. The molecule has 2 aromatic carbocycles. The molecule has 7 heteroatoms. The molecule has 3 rings (SSSR count). The van der Waals surface area contributed by atoms with Crippen molar-refractivity contribution in [2.24, 2.45) is 0 Å². The van der Waals surface area contributed by atoms with Gasteiger partial charge in [-0.05, 0) is 42.7 Å². The largest absolute Gasteiger partial charge is 0.243 e. The van der Waals surface area contributed by atoms with E-state index >= 15 is 0 Å². The van der Waals surface area contributed by atoms with Gasteiger partial charge >= 0.3 is 0 Å². The maximum atomic E-state index is 13.0. The van der Waals surface area contributed by atoms with E-state index in [1.165, 1.54) is 28.6 Å². The van der Waals surface area contributed by atoms with Crippen LogP contribution in [-0.4, -0.2) is 33.4 Å². The minimum absolute atomic E-state index is 0.0183. The summed E-state index contributed by atoms with van der Waals surface area (Å²) in [5, 5.41) is 0. The quantitative estimate of drug-likeness (QED) is 0.788. The van der Waals surface area contributed by atoms with Gasteiger partial charge in [-0.25, -0.2) is 16.8 Å². The Hall–Kier alpha value is -1.70. The van der Waals surface area contributed by atoms with Crippen LogP contribution in [0.2, 0.25) is 0 Å². The van der Waals surface area contributed by atoms with Gasteiger partial charge in [-0.1, -0.05) is 30.3 Å². The van der Waals surface area contributed by atoms with Crippen molar-refractivity contribution in [2.45, 2.75) is 35.2 Å². The molecule has 1 fully saturated rings. The van der Waals surface area contributed by atoms with Crippen LogP contribution >= 0.6 is 0 Å². The van der Waals surface area contributed by atoms with Gasteiger partial charge in [0.1, 0.15) is 0 Å². The monoisotopic (exact) mass is 365 g/mol. The molecule has 1 aliphatic rings. The summed E-state index contributed by atoms with van der Waals surface area (Å²) in [5.74, 6) is 0. The second-order valence-electron chi connectivity index (χ2n) is 6.01. The van der Waals surface area contributed by atoms with Gasteiger partial charge in [0, 0.05) is 18.8 Å². The Kier molecular flexibility index (Phi) is 4.50. The molecular weight excluding hydrogens is 346 g/mol. The summed E-state index contributed by atoms with van der Waals surface area (Å²) >= 11 is 0. The Bertz CT molecular complexity index is 916. The van der Waals surface area contributed by atoms with Gasteiger partial charge in [0.2, 0.25) is 10.0 Å². The molecule has 5 nitrogen and oxygen atoms in total. The normalized spacial score (nSPS) is 15.6. The molecular formula is C17H19NO4S2. The van der Waals surface area contributed by atoms with E-state index in [2.05, 4.69) is 0 Å². The molecule has 0 saturated heterocycles. The molecule has 0 spiro atoms. The lowest BCUT2D eigenvalue weighted by atomic mass is 10.2. The van der Waals surface area contributed by atoms with Crippen LogP contribution in [-0.2, 0) is 26.4 Å². The van der Waals surface area contributed by atoms with E-state index in [4.69, 9.17) is 0 Å². The van der Waals surface area contributed by atoms with E-state index in [0.29, 0.717) is 6.54 Å². The van der Waals surface area contributed by atoms with Crippen molar-refractivity contribution in [1.82, 2.24) is 4.31 Å². The fourth-order valence-corrected chi connectivity index (χ4v) is 4.83. The standard InChI is InChI=1S/C17H19NO4S2/c1-23(19,20)16-9-11-17(12-10-16)24(21,22)18(15-7-8-15)13-14-5-3-2-4-6-14/h2-6,9-12,15H,7-8,13H2,1H3. The Morgan fingerprint density at radius 1 is 0.875 bits per heavy atom. The Balaban J connectivity index is 1.92. The van der Waals surface area contributed by atoms with Crippen LogP contribution in [0, 0.1) is 0 Å². The maximum Gasteiger partial charge on any atom is 0.243 e. The van der Waals surface area contributed by atoms with Gasteiger partial charge in [-0.15, -0.1) is 0 Å². The summed E-state index contributed by atoms with van der Waals surface area (Å²) in [7, 11) is -7.01. The lowest BCUT2D eigenvalue weighted by molar-refractivity contribution is 0.398. The van der Waals surface area contributed by atoms with Gasteiger partial charge in [0.15, 0.2) is 9.84 Å².